The highest BCUT2D eigenvalue weighted by atomic mass is 16.6. The van der Waals surface area contributed by atoms with Crippen molar-refractivity contribution < 1.29 is 23.9 Å². The molecule has 1 amide bonds. The zero-order valence-corrected chi connectivity index (χ0v) is 19.8. The molecule has 0 unspecified atom stereocenters. The van der Waals surface area contributed by atoms with Crippen molar-refractivity contribution in [1.29, 1.82) is 0 Å². The van der Waals surface area contributed by atoms with Gasteiger partial charge in [0, 0.05) is 12.1 Å². The van der Waals surface area contributed by atoms with Gasteiger partial charge in [0.1, 0.15) is 12.4 Å². The molecular formula is C26H27N3O6. The fourth-order valence-electron chi connectivity index (χ4n) is 3.24. The minimum Gasteiger partial charge on any atom is -0.490 e. The minimum absolute atomic E-state index is 0.0244. The third-order valence-electron chi connectivity index (χ3n) is 4.97. The normalized spacial score (nSPS) is 10.7. The Hall–Kier alpha value is -4.40. The number of rotatable bonds is 11. The van der Waals surface area contributed by atoms with Gasteiger partial charge in [-0.15, -0.1) is 0 Å². The zero-order valence-electron chi connectivity index (χ0n) is 19.8. The van der Waals surface area contributed by atoms with Gasteiger partial charge in [0.05, 0.1) is 17.7 Å². The molecule has 9 heteroatoms. The summed E-state index contributed by atoms with van der Waals surface area (Å²) in [6.45, 7) is 6.21. The van der Waals surface area contributed by atoms with Crippen molar-refractivity contribution in [1.82, 2.24) is 5.43 Å². The average Bonchev–Trinajstić information content (AvgIpc) is 2.83. The summed E-state index contributed by atoms with van der Waals surface area (Å²) in [5, 5.41) is 14.8. The number of hydrogen-bond acceptors (Lipinski definition) is 7. The second-order valence-corrected chi connectivity index (χ2v) is 7.65. The number of nitrogens with zero attached hydrogens (tertiary/aromatic N) is 2. The summed E-state index contributed by atoms with van der Waals surface area (Å²) in [6.07, 6.45) is 1.50. The Balaban J connectivity index is 1.57. The van der Waals surface area contributed by atoms with Crippen molar-refractivity contribution in [3.63, 3.8) is 0 Å². The number of benzene rings is 3. The number of nitrogens with one attached hydrogen (secondary N) is 1. The van der Waals surface area contributed by atoms with Crippen LogP contribution >= 0.6 is 0 Å². The molecule has 0 saturated carbocycles. The highest BCUT2D eigenvalue weighted by Gasteiger charge is 2.09. The SMILES string of the molecule is CCOc1cc(/C=N\NC(=O)COc2c(C)cccc2C)ccc1OCc1ccc([N+](=O)[O-])cc1. The predicted octanol–water partition coefficient (Wildman–Crippen LogP) is 4.72. The van der Waals surface area contributed by atoms with Crippen LogP contribution in [0.25, 0.3) is 0 Å². The summed E-state index contributed by atoms with van der Waals surface area (Å²) in [4.78, 5) is 22.4. The predicted molar refractivity (Wildman–Crippen MR) is 132 cm³/mol. The first-order chi connectivity index (χ1) is 16.9. The van der Waals surface area contributed by atoms with Crippen LogP contribution in [-0.2, 0) is 11.4 Å². The molecule has 0 aromatic heterocycles. The van der Waals surface area contributed by atoms with Gasteiger partial charge in [-0.1, -0.05) is 18.2 Å². The molecule has 0 saturated heterocycles. The second kappa shape index (κ2) is 12.2. The Labute approximate surface area is 203 Å². The largest absolute Gasteiger partial charge is 0.490 e. The first-order valence-electron chi connectivity index (χ1n) is 11.0. The summed E-state index contributed by atoms with van der Waals surface area (Å²) >= 11 is 0. The molecule has 1 N–H and O–H groups in total. The molecule has 0 aliphatic rings. The summed E-state index contributed by atoms with van der Waals surface area (Å²) < 4.78 is 17.1. The molecule has 0 spiro atoms. The molecule has 9 nitrogen and oxygen atoms in total. The molecule has 3 aromatic carbocycles. The summed E-state index contributed by atoms with van der Waals surface area (Å²) in [5.74, 6) is 1.35. The van der Waals surface area contributed by atoms with Crippen molar-refractivity contribution in [2.24, 2.45) is 5.10 Å². The third-order valence-corrected chi connectivity index (χ3v) is 4.97. The molecule has 0 aliphatic carbocycles. The van der Waals surface area contributed by atoms with Crippen LogP contribution in [0.2, 0.25) is 0 Å². The maximum atomic E-state index is 12.1. The maximum Gasteiger partial charge on any atom is 0.277 e. The van der Waals surface area contributed by atoms with Crippen LogP contribution < -0.4 is 19.6 Å². The Bertz CT molecular complexity index is 1190. The monoisotopic (exact) mass is 477 g/mol. The fraction of sp³-hybridized carbons (Fsp3) is 0.231. The molecule has 35 heavy (non-hydrogen) atoms. The van der Waals surface area contributed by atoms with Crippen molar-refractivity contribution in [2.75, 3.05) is 13.2 Å². The molecule has 3 aromatic rings. The number of para-hydroxylation sites is 1. The standard InChI is InChI=1S/C26H27N3O6/c1-4-33-24-14-21(10-13-23(24)34-16-20-8-11-22(12-9-20)29(31)32)15-27-28-25(30)17-35-26-18(2)6-5-7-19(26)3/h5-15H,4,16-17H2,1-3H3,(H,28,30)/b27-15-. The van der Waals surface area contributed by atoms with Crippen molar-refractivity contribution in [3.8, 4) is 17.2 Å². The van der Waals surface area contributed by atoms with Gasteiger partial charge in [-0.05, 0) is 73.4 Å². The Morgan fingerprint density at radius 3 is 2.37 bits per heavy atom. The van der Waals surface area contributed by atoms with Crippen LogP contribution in [0, 0.1) is 24.0 Å². The summed E-state index contributed by atoms with van der Waals surface area (Å²) in [5.41, 5.74) is 5.88. The number of hydrogen-bond donors (Lipinski definition) is 1. The topological polar surface area (TPSA) is 112 Å². The van der Waals surface area contributed by atoms with E-state index < -0.39 is 4.92 Å². The van der Waals surface area contributed by atoms with Gasteiger partial charge in [-0.2, -0.15) is 5.10 Å². The van der Waals surface area contributed by atoms with E-state index in [1.165, 1.54) is 18.3 Å². The van der Waals surface area contributed by atoms with E-state index in [0.29, 0.717) is 29.4 Å². The van der Waals surface area contributed by atoms with Gasteiger partial charge >= 0.3 is 0 Å². The van der Waals surface area contributed by atoms with Gasteiger partial charge in [-0.3, -0.25) is 14.9 Å². The van der Waals surface area contributed by atoms with Crippen LogP contribution in [0.15, 0.2) is 65.8 Å². The number of carbonyl (C=O) groups is 1. The number of nitro groups is 1. The Morgan fingerprint density at radius 2 is 1.71 bits per heavy atom. The number of aryl methyl sites for hydroxylation is 2. The lowest BCUT2D eigenvalue weighted by atomic mass is 10.1. The molecule has 0 atom stereocenters. The number of hydrazone groups is 1. The quantitative estimate of drug-likeness (QED) is 0.243. The highest BCUT2D eigenvalue weighted by molar-refractivity contribution is 5.83. The van der Waals surface area contributed by atoms with Crippen molar-refractivity contribution in [3.05, 3.63) is 93.0 Å². The van der Waals surface area contributed by atoms with Gasteiger partial charge in [0.2, 0.25) is 0 Å². The molecular weight excluding hydrogens is 450 g/mol. The van der Waals surface area contributed by atoms with Gasteiger partial charge in [0.15, 0.2) is 18.1 Å². The van der Waals surface area contributed by atoms with E-state index in [-0.39, 0.29) is 24.8 Å². The number of carbonyl (C=O) groups excluding carboxylic acids is 1. The molecule has 182 valence electrons. The van der Waals surface area contributed by atoms with Gasteiger partial charge in [-0.25, -0.2) is 5.43 Å². The van der Waals surface area contributed by atoms with E-state index in [9.17, 15) is 14.9 Å². The van der Waals surface area contributed by atoms with E-state index in [0.717, 1.165) is 16.7 Å². The summed E-state index contributed by atoms with van der Waals surface area (Å²) in [7, 11) is 0. The third kappa shape index (κ3) is 7.29. The van der Waals surface area contributed by atoms with E-state index in [1.807, 2.05) is 39.0 Å². The zero-order chi connectivity index (χ0) is 25.2. The van der Waals surface area contributed by atoms with Crippen LogP contribution in [0.4, 0.5) is 5.69 Å². The van der Waals surface area contributed by atoms with Crippen LogP contribution in [0.5, 0.6) is 17.2 Å². The average molecular weight is 478 g/mol. The molecule has 0 bridgehead atoms. The van der Waals surface area contributed by atoms with Crippen molar-refractivity contribution in [2.45, 2.75) is 27.4 Å². The van der Waals surface area contributed by atoms with E-state index in [2.05, 4.69) is 10.5 Å². The lowest BCUT2D eigenvalue weighted by Gasteiger charge is -2.12. The van der Waals surface area contributed by atoms with E-state index in [1.54, 1.807) is 30.3 Å². The number of ether oxygens (including phenoxy) is 3. The molecule has 0 heterocycles. The van der Waals surface area contributed by atoms with Gasteiger partial charge < -0.3 is 14.2 Å². The smallest absolute Gasteiger partial charge is 0.277 e. The van der Waals surface area contributed by atoms with E-state index >= 15 is 0 Å². The van der Waals surface area contributed by atoms with E-state index in [4.69, 9.17) is 14.2 Å². The van der Waals surface area contributed by atoms with Crippen LogP contribution in [0.1, 0.15) is 29.2 Å². The lowest BCUT2D eigenvalue weighted by molar-refractivity contribution is -0.384. The molecule has 3 rings (SSSR count). The number of non-ortho nitro benzene ring substituents is 1. The Kier molecular flexibility index (Phi) is 8.77. The summed E-state index contributed by atoms with van der Waals surface area (Å²) in [6, 6.07) is 17.2. The Morgan fingerprint density at radius 1 is 1.00 bits per heavy atom. The van der Waals surface area contributed by atoms with Gasteiger partial charge in [0.25, 0.3) is 11.6 Å². The fourth-order valence-corrected chi connectivity index (χ4v) is 3.24. The molecule has 0 radical (unpaired) electrons. The molecule has 0 fully saturated rings. The van der Waals surface area contributed by atoms with Crippen LogP contribution in [0.3, 0.4) is 0 Å². The minimum atomic E-state index is -0.446. The van der Waals surface area contributed by atoms with Crippen molar-refractivity contribution >= 4 is 17.8 Å². The first-order valence-corrected chi connectivity index (χ1v) is 11.0. The number of nitro benzene ring substituents is 1. The number of amides is 1. The van der Waals surface area contributed by atoms with Crippen LogP contribution in [-0.4, -0.2) is 30.3 Å². The highest BCUT2D eigenvalue weighted by Crippen LogP contribution is 2.29. The second-order valence-electron chi connectivity index (χ2n) is 7.65. The molecule has 0 aliphatic heterocycles. The lowest BCUT2D eigenvalue weighted by Crippen LogP contribution is -2.25. The maximum absolute atomic E-state index is 12.1. The first kappa shape index (κ1) is 25.2.